The average molecular weight is 312 g/mol. The fourth-order valence-electron chi connectivity index (χ4n) is 1.92. The van der Waals surface area contributed by atoms with Crippen LogP contribution in [0.25, 0.3) is 0 Å². The van der Waals surface area contributed by atoms with Gasteiger partial charge in [0, 0.05) is 6.54 Å². The zero-order chi connectivity index (χ0) is 16.3. The van der Waals surface area contributed by atoms with E-state index in [1.807, 2.05) is 54.6 Å². The van der Waals surface area contributed by atoms with Crippen LogP contribution in [0.4, 0.5) is 0 Å². The SMILES string of the molecule is COc1ccc(CCNC(=O)CO/N=C\c2ccccc2)cc1. The van der Waals surface area contributed by atoms with Gasteiger partial charge in [-0.05, 0) is 29.7 Å². The number of nitrogens with one attached hydrogen (secondary N) is 1. The van der Waals surface area contributed by atoms with E-state index < -0.39 is 0 Å². The minimum absolute atomic E-state index is 0.0913. The Balaban J connectivity index is 1.62. The largest absolute Gasteiger partial charge is 0.497 e. The van der Waals surface area contributed by atoms with Crippen molar-refractivity contribution in [3.05, 3.63) is 65.7 Å². The summed E-state index contributed by atoms with van der Waals surface area (Å²) in [5, 5.41) is 6.56. The summed E-state index contributed by atoms with van der Waals surface area (Å²) in [7, 11) is 1.63. The quantitative estimate of drug-likeness (QED) is 0.601. The molecule has 0 aliphatic heterocycles. The Hall–Kier alpha value is -2.82. The number of amides is 1. The molecule has 0 unspecified atom stereocenters. The summed E-state index contributed by atoms with van der Waals surface area (Å²) >= 11 is 0. The molecule has 0 atom stereocenters. The second kappa shape index (κ2) is 9.25. The summed E-state index contributed by atoms with van der Waals surface area (Å²) in [6.07, 6.45) is 2.33. The highest BCUT2D eigenvalue weighted by Crippen LogP contribution is 2.11. The smallest absolute Gasteiger partial charge is 0.260 e. The van der Waals surface area contributed by atoms with Crippen molar-refractivity contribution in [3.63, 3.8) is 0 Å². The van der Waals surface area contributed by atoms with E-state index >= 15 is 0 Å². The molecule has 0 aliphatic carbocycles. The van der Waals surface area contributed by atoms with Crippen LogP contribution in [-0.2, 0) is 16.1 Å². The number of carbonyl (C=O) groups is 1. The fourth-order valence-corrected chi connectivity index (χ4v) is 1.92. The van der Waals surface area contributed by atoms with Gasteiger partial charge < -0.3 is 14.9 Å². The Kier molecular flexibility index (Phi) is 6.65. The number of methoxy groups -OCH3 is 1. The van der Waals surface area contributed by atoms with Gasteiger partial charge in [-0.15, -0.1) is 0 Å². The minimum atomic E-state index is -0.191. The normalized spacial score (nSPS) is 10.5. The number of carbonyl (C=O) groups excluding carboxylic acids is 1. The van der Waals surface area contributed by atoms with E-state index in [9.17, 15) is 4.79 Å². The maximum Gasteiger partial charge on any atom is 0.260 e. The summed E-state index contributed by atoms with van der Waals surface area (Å²) < 4.78 is 5.10. The second-order valence-corrected chi connectivity index (χ2v) is 4.87. The average Bonchev–Trinajstić information content (AvgIpc) is 2.60. The van der Waals surface area contributed by atoms with Gasteiger partial charge in [-0.3, -0.25) is 4.79 Å². The van der Waals surface area contributed by atoms with E-state index in [1.54, 1.807) is 13.3 Å². The maximum atomic E-state index is 11.6. The van der Waals surface area contributed by atoms with Crippen LogP contribution in [-0.4, -0.2) is 32.4 Å². The summed E-state index contributed by atoms with van der Waals surface area (Å²) in [6, 6.07) is 17.3. The van der Waals surface area contributed by atoms with E-state index in [0.29, 0.717) is 6.54 Å². The Morgan fingerprint density at radius 1 is 1.13 bits per heavy atom. The third-order valence-electron chi connectivity index (χ3n) is 3.17. The Morgan fingerprint density at radius 2 is 1.87 bits per heavy atom. The number of hydrogen-bond donors (Lipinski definition) is 1. The molecule has 1 amide bonds. The molecule has 23 heavy (non-hydrogen) atoms. The molecular weight excluding hydrogens is 292 g/mol. The van der Waals surface area contributed by atoms with Crippen molar-refractivity contribution in [2.45, 2.75) is 6.42 Å². The van der Waals surface area contributed by atoms with Gasteiger partial charge in [0.25, 0.3) is 5.91 Å². The zero-order valence-electron chi connectivity index (χ0n) is 13.1. The first-order chi connectivity index (χ1) is 11.3. The third-order valence-corrected chi connectivity index (χ3v) is 3.17. The molecule has 5 heteroatoms. The number of hydrogen-bond acceptors (Lipinski definition) is 4. The molecule has 0 heterocycles. The molecule has 0 spiro atoms. The van der Waals surface area contributed by atoms with Gasteiger partial charge in [-0.25, -0.2) is 0 Å². The molecule has 0 saturated carbocycles. The lowest BCUT2D eigenvalue weighted by Crippen LogP contribution is -2.28. The van der Waals surface area contributed by atoms with Crippen molar-refractivity contribution < 1.29 is 14.4 Å². The lowest BCUT2D eigenvalue weighted by atomic mass is 10.1. The first-order valence-electron chi connectivity index (χ1n) is 7.38. The Morgan fingerprint density at radius 3 is 2.57 bits per heavy atom. The summed E-state index contributed by atoms with van der Waals surface area (Å²) in [5.74, 6) is 0.631. The molecule has 0 bridgehead atoms. The fraction of sp³-hybridized carbons (Fsp3) is 0.222. The highest BCUT2D eigenvalue weighted by atomic mass is 16.6. The molecule has 0 radical (unpaired) electrons. The zero-order valence-corrected chi connectivity index (χ0v) is 13.1. The second-order valence-electron chi connectivity index (χ2n) is 4.87. The van der Waals surface area contributed by atoms with E-state index in [-0.39, 0.29) is 12.5 Å². The van der Waals surface area contributed by atoms with Crippen LogP contribution in [0.2, 0.25) is 0 Å². The lowest BCUT2D eigenvalue weighted by Gasteiger charge is -2.05. The van der Waals surface area contributed by atoms with Gasteiger partial charge in [-0.2, -0.15) is 0 Å². The number of nitrogens with zero attached hydrogens (tertiary/aromatic N) is 1. The lowest BCUT2D eigenvalue weighted by molar-refractivity contribution is -0.125. The molecule has 0 aliphatic rings. The summed E-state index contributed by atoms with van der Waals surface area (Å²) in [5.41, 5.74) is 2.06. The topological polar surface area (TPSA) is 59.9 Å². The van der Waals surface area contributed by atoms with E-state index in [1.165, 1.54) is 0 Å². The van der Waals surface area contributed by atoms with Gasteiger partial charge in [0.1, 0.15) is 5.75 Å². The molecule has 0 fully saturated rings. The van der Waals surface area contributed by atoms with Crippen molar-refractivity contribution >= 4 is 12.1 Å². The minimum Gasteiger partial charge on any atom is -0.497 e. The van der Waals surface area contributed by atoms with Gasteiger partial charge in [-0.1, -0.05) is 47.6 Å². The number of benzene rings is 2. The first kappa shape index (κ1) is 16.5. The molecule has 2 rings (SSSR count). The van der Waals surface area contributed by atoms with Gasteiger partial charge in [0.05, 0.1) is 13.3 Å². The first-order valence-corrected chi connectivity index (χ1v) is 7.38. The van der Waals surface area contributed by atoms with Gasteiger partial charge in [0.15, 0.2) is 6.61 Å². The van der Waals surface area contributed by atoms with Crippen molar-refractivity contribution in [2.24, 2.45) is 5.16 Å². The predicted molar refractivity (Wildman–Crippen MR) is 89.7 cm³/mol. The van der Waals surface area contributed by atoms with Crippen molar-refractivity contribution in [1.29, 1.82) is 0 Å². The van der Waals surface area contributed by atoms with Crippen LogP contribution in [0.3, 0.4) is 0 Å². The molecule has 2 aromatic carbocycles. The number of ether oxygens (including phenoxy) is 1. The molecule has 5 nitrogen and oxygen atoms in total. The summed E-state index contributed by atoms with van der Waals surface area (Å²) in [4.78, 5) is 16.6. The van der Waals surface area contributed by atoms with Crippen LogP contribution in [0.15, 0.2) is 59.8 Å². The molecular formula is C18H20N2O3. The summed E-state index contributed by atoms with van der Waals surface area (Å²) in [6.45, 7) is 0.461. The van der Waals surface area contributed by atoms with Crippen LogP contribution in [0, 0.1) is 0 Å². The van der Waals surface area contributed by atoms with Crippen LogP contribution in [0.1, 0.15) is 11.1 Å². The van der Waals surface area contributed by atoms with E-state index in [4.69, 9.17) is 9.57 Å². The molecule has 2 aromatic rings. The van der Waals surface area contributed by atoms with Crippen LogP contribution in [0.5, 0.6) is 5.75 Å². The van der Waals surface area contributed by atoms with Gasteiger partial charge >= 0.3 is 0 Å². The Labute approximate surface area is 135 Å². The molecule has 1 N–H and O–H groups in total. The molecule has 0 aromatic heterocycles. The standard InChI is InChI=1S/C18H20N2O3/c1-22-17-9-7-15(8-10-17)11-12-19-18(21)14-23-20-13-16-5-3-2-4-6-16/h2-10,13H,11-12,14H2,1H3,(H,19,21)/b20-13-. The van der Waals surface area contributed by atoms with Crippen LogP contribution >= 0.6 is 0 Å². The monoisotopic (exact) mass is 312 g/mol. The third kappa shape index (κ3) is 6.22. The number of rotatable bonds is 8. The molecule has 120 valence electrons. The Bertz CT molecular complexity index is 624. The maximum absolute atomic E-state index is 11.6. The van der Waals surface area contributed by atoms with E-state index in [0.717, 1.165) is 23.3 Å². The number of oxime groups is 1. The van der Waals surface area contributed by atoms with Crippen molar-refractivity contribution in [2.75, 3.05) is 20.3 Å². The van der Waals surface area contributed by atoms with Crippen molar-refractivity contribution in [1.82, 2.24) is 5.32 Å². The predicted octanol–water partition coefficient (Wildman–Crippen LogP) is 2.40. The van der Waals surface area contributed by atoms with Gasteiger partial charge in [0.2, 0.25) is 0 Å². The van der Waals surface area contributed by atoms with Crippen molar-refractivity contribution in [3.8, 4) is 5.75 Å². The van der Waals surface area contributed by atoms with Crippen LogP contribution < -0.4 is 10.1 Å². The van der Waals surface area contributed by atoms with E-state index in [2.05, 4.69) is 10.5 Å². The molecule has 0 saturated heterocycles. The highest BCUT2D eigenvalue weighted by molar-refractivity contribution is 5.79. The highest BCUT2D eigenvalue weighted by Gasteiger charge is 2.01.